The predicted molar refractivity (Wildman–Crippen MR) is 75.0 cm³/mol. The molecule has 0 aromatic rings. The van der Waals surface area contributed by atoms with E-state index >= 15 is 0 Å². The van der Waals surface area contributed by atoms with Gasteiger partial charge in [0.15, 0.2) is 0 Å². The second-order valence-electron chi connectivity index (χ2n) is 1.42. The molecule has 0 aromatic carbocycles. The Hall–Kier alpha value is 0.739. The number of thiocarbonyl (C=S) groups is 2. The molecular weight excluding hydrogens is 307 g/mol. The number of hydrogen-bond acceptors (Lipinski definition) is 4. The fourth-order valence-corrected chi connectivity index (χ4v) is 1.06. The van der Waals surface area contributed by atoms with Gasteiger partial charge in [0.1, 0.15) is 0 Å². The summed E-state index contributed by atoms with van der Waals surface area (Å²) in [5.41, 5.74) is 9.31. The molecule has 0 aliphatic carbocycles. The summed E-state index contributed by atoms with van der Waals surface area (Å²) in [5, 5.41) is 2.81. The standard InChI is InChI=1S/C4H10Se.2CH3NS2/c1-3-5-4-2;2*2-1(3)4/h3-4H2,1-2H3;2*(H3,2,3,4)/q+2;;/p-2. The molecule has 4 N–H and O–H groups in total. The average molecular weight is 321 g/mol. The molecule has 0 bridgehead atoms. The van der Waals surface area contributed by atoms with Crippen molar-refractivity contribution in [2.45, 2.75) is 24.5 Å². The summed E-state index contributed by atoms with van der Waals surface area (Å²) in [6.45, 7) is 4.48. The van der Waals surface area contributed by atoms with Crippen LogP contribution < -0.4 is 11.5 Å². The van der Waals surface area contributed by atoms with Crippen molar-refractivity contribution in [3.8, 4) is 0 Å². The zero-order valence-corrected chi connectivity index (χ0v) is 12.6. The molecule has 0 unspecified atom stereocenters. The second kappa shape index (κ2) is 18.5. The summed E-state index contributed by atoms with van der Waals surface area (Å²) in [6.07, 6.45) is 0. The van der Waals surface area contributed by atoms with Crippen LogP contribution in [0.5, 0.6) is 0 Å². The number of hydrogen-bond donors (Lipinski definition) is 2. The van der Waals surface area contributed by atoms with Gasteiger partial charge in [0.05, 0.1) is 0 Å². The van der Waals surface area contributed by atoms with Crippen molar-refractivity contribution >= 4 is 73.3 Å². The third kappa shape index (κ3) is 196. The zero-order valence-electron chi connectivity index (χ0n) is 7.61. The van der Waals surface area contributed by atoms with Crippen LogP contribution in [0.25, 0.3) is 0 Å². The molecule has 13 heavy (non-hydrogen) atoms. The summed E-state index contributed by atoms with van der Waals surface area (Å²) in [4.78, 5) is 0. The maximum absolute atomic E-state index is 4.66. The Labute approximate surface area is 109 Å². The molecule has 0 aromatic heterocycles. The topological polar surface area (TPSA) is 52.0 Å². The Balaban J connectivity index is -0.000000117. The third-order valence-electron chi connectivity index (χ3n) is 0.408. The maximum Gasteiger partial charge on any atom is -0.0708 e. The van der Waals surface area contributed by atoms with Gasteiger partial charge in [-0.05, 0) is 0 Å². The van der Waals surface area contributed by atoms with E-state index in [0.717, 1.165) is 15.0 Å². The number of rotatable bonds is 2. The Bertz CT molecular complexity index is 110. The van der Waals surface area contributed by atoms with E-state index in [1.54, 1.807) is 0 Å². The third-order valence-corrected chi connectivity index (χ3v) is 2.12. The van der Waals surface area contributed by atoms with Crippen molar-refractivity contribution in [2.75, 3.05) is 0 Å². The van der Waals surface area contributed by atoms with Crippen molar-refractivity contribution in [3.63, 3.8) is 0 Å². The quantitative estimate of drug-likeness (QED) is 0.452. The molecular formula is C6H14N2S4Se. The molecule has 0 aliphatic heterocycles. The molecule has 2 radical (unpaired) electrons. The van der Waals surface area contributed by atoms with Crippen LogP contribution >= 0.6 is 24.4 Å². The van der Waals surface area contributed by atoms with Gasteiger partial charge in [-0.2, -0.15) is 0 Å². The monoisotopic (exact) mass is 322 g/mol. The van der Waals surface area contributed by atoms with Crippen LogP contribution in [0.4, 0.5) is 0 Å². The first-order valence-electron chi connectivity index (χ1n) is 3.39. The molecule has 7 heteroatoms. The summed E-state index contributed by atoms with van der Waals surface area (Å²) in [7, 11) is 0. The van der Waals surface area contributed by atoms with Crippen LogP contribution in [0.3, 0.4) is 0 Å². The molecule has 0 fully saturated rings. The van der Waals surface area contributed by atoms with E-state index in [0.29, 0.717) is 0 Å². The van der Waals surface area contributed by atoms with Gasteiger partial charge < -0.3 is 61.2 Å². The molecule has 2 nitrogen and oxygen atoms in total. The van der Waals surface area contributed by atoms with Crippen LogP contribution in [0.15, 0.2) is 0 Å². The van der Waals surface area contributed by atoms with Crippen LogP contribution in [0.1, 0.15) is 13.8 Å². The zero-order chi connectivity index (χ0) is 11.3. The van der Waals surface area contributed by atoms with Crippen molar-refractivity contribution < 1.29 is 0 Å². The van der Waals surface area contributed by atoms with Gasteiger partial charge in [0, 0.05) is 0 Å². The van der Waals surface area contributed by atoms with E-state index in [1.807, 2.05) is 0 Å². The van der Waals surface area contributed by atoms with E-state index < -0.39 is 0 Å². The molecule has 0 spiro atoms. The fourth-order valence-electron chi connectivity index (χ4n) is 0.204. The predicted octanol–water partition coefficient (Wildman–Crippen LogP) is 1.12. The van der Waals surface area contributed by atoms with Gasteiger partial charge in [0.2, 0.25) is 0 Å². The minimum Gasteiger partial charge on any atom is -0.415 e. The Morgan fingerprint density at radius 2 is 1.23 bits per heavy atom. The normalized spacial score (nSPS) is 6.92. The van der Waals surface area contributed by atoms with E-state index in [1.165, 1.54) is 10.6 Å². The minimum atomic E-state index is 0.0833. The molecule has 0 heterocycles. The van der Waals surface area contributed by atoms with Gasteiger partial charge in [-0.1, -0.05) is 8.64 Å². The molecule has 0 rings (SSSR count). The first-order valence-corrected chi connectivity index (χ1v) is 7.44. The summed E-state index contributed by atoms with van der Waals surface area (Å²) < 4.78 is 0.167. The molecule has 0 aliphatic rings. The van der Waals surface area contributed by atoms with Crippen LogP contribution in [0.2, 0.25) is 10.6 Å². The van der Waals surface area contributed by atoms with Crippen molar-refractivity contribution in [2.24, 2.45) is 11.5 Å². The minimum absolute atomic E-state index is 0.0833. The first-order chi connectivity index (χ1) is 5.88. The van der Waals surface area contributed by atoms with E-state index in [9.17, 15) is 0 Å². The van der Waals surface area contributed by atoms with Crippen LogP contribution in [-0.2, 0) is 25.3 Å². The van der Waals surface area contributed by atoms with Gasteiger partial charge in [0.25, 0.3) is 0 Å². The van der Waals surface area contributed by atoms with Gasteiger partial charge in [-0.15, -0.1) is 0 Å². The molecule has 0 saturated carbocycles. The largest absolute Gasteiger partial charge is 0.415 e. The van der Waals surface area contributed by atoms with E-state index in [2.05, 4.69) is 75.0 Å². The van der Waals surface area contributed by atoms with Gasteiger partial charge in [-0.25, -0.2) is 0 Å². The van der Waals surface area contributed by atoms with Gasteiger partial charge >= 0.3 is 39.4 Å². The molecule has 78 valence electrons. The Kier molecular flexibility index (Phi) is 27.5. The fraction of sp³-hybridized carbons (Fsp3) is 0.667. The Morgan fingerprint density at radius 3 is 1.23 bits per heavy atom. The first kappa shape index (κ1) is 19.3. The van der Waals surface area contributed by atoms with Crippen molar-refractivity contribution in [1.29, 1.82) is 0 Å². The van der Waals surface area contributed by atoms with Crippen LogP contribution in [-0.4, -0.2) is 23.6 Å². The van der Waals surface area contributed by atoms with Gasteiger partial charge in [-0.3, -0.25) is 0 Å². The SMILES string of the molecule is CC[Se+2]CC.NC(=S)[S-].NC(=S)[S-]. The van der Waals surface area contributed by atoms with E-state index in [4.69, 9.17) is 0 Å². The smallest absolute Gasteiger partial charge is 0.0708 e. The summed E-state index contributed by atoms with van der Waals surface area (Å²) in [6, 6.07) is 0. The molecule has 0 atom stereocenters. The second-order valence-corrected chi connectivity index (χ2v) is 6.97. The Morgan fingerprint density at radius 1 is 1.08 bits per heavy atom. The number of nitrogens with two attached hydrogens (primary N) is 2. The molecule has 0 saturated heterocycles. The maximum atomic E-state index is 4.66. The van der Waals surface area contributed by atoms with Crippen LogP contribution in [0, 0.1) is 0 Å². The summed E-state index contributed by atoms with van der Waals surface area (Å²) in [5.74, 6) is 0. The van der Waals surface area contributed by atoms with Crippen molar-refractivity contribution in [3.05, 3.63) is 0 Å². The summed E-state index contributed by atoms with van der Waals surface area (Å²) >= 11 is 17.5. The average Bonchev–Trinajstić information content (AvgIpc) is 1.86. The van der Waals surface area contributed by atoms with Crippen molar-refractivity contribution in [1.82, 2.24) is 0 Å². The van der Waals surface area contributed by atoms with E-state index in [-0.39, 0.29) is 8.64 Å². The molecule has 0 amide bonds.